The maximum Gasteiger partial charge on any atom is 0.251 e. The monoisotopic (exact) mass is 276 g/mol. The third kappa shape index (κ3) is 2.87. The number of hydrogen-bond acceptors (Lipinski definition) is 5. The molecule has 7 heteroatoms. The second kappa shape index (κ2) is 5.60. The van der Waals surface area contributed by atoms with Gasteiger partial charge in [0, 0.05) is 12.1 Å². The lowest BCUT2D eigenvalue weighted by Crippen LogP contribution is -2.51. The van der Waals surface area contributed by atoms with Gasteiger partial charge < -0.3 is 16.0 Å². The Labute approximate surface area is 116 Å². The summed E-state index contributed by atoms with van der Waals surface area (Å²) >= 11 is 0. The predicted molar refractivity (Wildman–Crippen MR) is 74.2 cm³/mol. The van der Waals surface area contributed by atoms with Crippen molar-refractivity contribution >= 4 is 29.1 Å². The zero-order chi connectivity index (χ0) is 14.7. The van der Waals surface area contributed by atoms with Crippen LogP contribution in [0.15, 0.2) is 18.2 Å². The van der Waals surface area contributed by atoms with Crippen molar-refractivity contribution in [2.45, 2.75) is 6.92 Å². The first kappa shape index (κ1) is 13.9. The fraction of sp³-hybridized carbons (Fsp3) is 0.308. The number of rotatable bonds is 3. The van der Waals surface area contributed by atoms with E-state index in [-0.39, 0.29) is 30.8 Å². The van der Waals surface area contributed by atoms with Crippen molar-refractivity contribution in [2.75, 3.05) is 30.3 Å². The van der Waals surface area contributed by atoms with Crippen LogP contribution in [0.4, 0.5) is 11.4 Å². The molecule has 20 heavy (non-hydrogen) atoms. The first-order chi connectivity index (χ1) is 9.51. The minimum Gasteiger partial charge on any atom is -0.397 e. The molecule has 1 aliphatic heterocycles. The van der Waals surface area contributed by atoms with Crippen LogP contribution in [0.25, 0.3) is 0 Å². The summed E-state index contributed by atoms with van der Waals surface area (Å²) in [7, 11) is 0. The SMILES string of the molecule is CCNC(=O)c1ccc(N2CC(=O)NC(=O)C2)c(N)c1. The van der Waals surface area contributed by atoms with Crippen molar-refractivity contribution in [1.82, 2.24) is 10.6 Å². The van der Waals surface area contributed by atoms with Crippen molar-refractivity contribution in [1.29, 1.82) is 0 Å². The lowest BCUT2D eigenvalue weighted by Gasteiger charge is -2.28. The third-order valence-electron chi connectivity index (χ3n) is 2.92. The number of benzene rings is 1. The predicted octanol–water partition coefficient (Wildman–Crippen LogP) is -0.519. The zero-order valence-electron chi connectivity index (χ0n) is 11.1. The molecule has 0 radical (unpaired) electrons. The van der Waals surface area contributed by atoms with Gasteiger partial charge in [-0.25, -0.2) is 0 Å². The Balaban J connectivity index is 2.23. The minimum atomic E-state index is -0.367. The Morgan fingerprint density at radius 3 is 2.55 bits per heavy atom. The van der Waals surface area contributed by atoms with Crippen molar-refractivity contribution < 1.29 is 14.4 Å². The van der Waals surface area contributed by atoms with Gasteiger partial charge in [-0.05, 0) is 25.1 Å². The van der Waals surface area contributed by atoms with Crippen LogP contribution in [0.2, 0.25) is 0 Å². The highest BCUT2D eigenvalue weighted by molar-refractivity contribution is 6.03. The summed E-state index contributed by atoms with van der Waals surface area (Å²) in [4.78, 5) is 36.0. The van der Waals surface area contributed by atoms with E-state index in [1.165, 1.54) is 6.07 Å². The van der Waals surface area contributed by atoms with Gasteiger partial charge in [-0.1, -0.05) is 0 Å². The van der Waals surface area contributed by atoms with Crippen LogP contribution in [0.3, 0.4) is 0 Å². The number of carbonyl (C=O) groups excluding carboxylic acids is 3. The van der Waals surface area contributed by atoms with Gasteiger partial charge in [0.2, 0.25) is 11.8 Å². The number of imide groups is 1. The number of carbonyl (C=O) groups is 3. The third-order valence-corrected chi connectivity index (χ3v) is 2.92. The second-order valence-electron chi connectivity index (χ2n) is 4.46. The molecule has 1 aromatic rings. The largest absolute Gasteiger partial charge is 0.397 e. The summed E-state index contributed by atoms with van der Waals surface area (Å²) in [5.74, 6) is -0.944. The van der Waals surface area contributed by atoms with Gasteiger partial charge in [-0.15, -0.1) is 0 Å². The van der Waals surface area contributed by atoms with Gasteiger partial charge in [0.1, 0.15) is 0 Å². The van der Waals surface area contributed by atoms with Gasteiger partial charge in [0.25, 0.3) is 5.91 Å². The van der Waals surface area contributed by atoms with Crippen LogP contribution < -0.4 is 21.3 Å². The first-order valence-electron chi connectivity index (χ1n) is 6.26. The molecule has 0 aliphatic carbocycles. The van der Waals surface area contributed by atoms with Gasteiger partial charge in [0.05, 0.1) is 24.5 Å². The van der Waals surface area contributed by atoms with E-state index in [9.17, 15) is 14.4 Å². The van der Waals surface area contributed by atoms with Crippen LogP contribution in [0.5, 0.6) is 0 Å². The lowest BCUT2D eigenvalue weighted by atomic mass is 10.1. The number of anilines is 2. The highest BCUT2D eigenvalue weighted by Crippen LogP contribution is 2.25. The molecule has 106 valence electrons. The minimum absolute atomic E-state index is 0.0659. The summed E-state index contributed by atoms with van der Waals surface area (Å²) < 4.78 is 0. The molecule has 1 aromatic carbocycles. The molecule has 4 N–H and O–H groups in total. The van der Waals surface area contributed by atoms with E-state index in [2.05, 4.69) is 10.6 Å². The average molecular weight is 276 g/mol. The molecule has 7 nitrogen and oxygen atoms in total. The molecule has 0 atom stereocenters. The molecular weight excluding hydrogens is 260 g/mol. The maximum atomic E-state index is 11.7. The number of amides is 3. The molecule has 1 saturated heterocycles. The van der Waals surface area contributed by atoms with E-state index in [0.717, 1.165) is 0 Å². The molecule has 1 fully saturated rings. The second-order valence-corrected chi connectivity index (χ2v) is 4.46. The molecule has 1 aliphatic rings. The Bertz CT molecular complexity index is 555. The summed E-state index contributed by atoms with van der Waals surface area (Å²) in [6.07, 6.45) is 0. The van der Waals surface area contributed by atoms with Crippen molar-refractivity contribution in [3.8, 4) is 0 Å². The molecule has 0 unspecified atom stereocenters. The summed E-state index contributed by atoms with van der Waals surface area (Å²) in [6.45, 7) is 2.49. The van der Waals surface area contributed by atoms with Gasteiger partial charge in [-0.3, -0.25) is 19.7 Å². The van der Waals surface area contributed by atoms with Crippen LogP contribution in [-0.4, -0.2) is 37.4 Å². The highest BCUT2D eigenvalue weighted by atomic mass is 16.2. The van der Waals surface area contributed by atoms with E-state index in [4.69, 9.17) is 5.73 Å². The Morgan fingerprint density at radius 1 is 1.35 bits per heavy atom. The number of nitrogens with one attached hydrogen (secondary N) is 2. The van der Waals surface area contributed by atoms with Crippen LogP contribution in [0.1, 0.15) is 17.3 Å². The van der Waals surface area contributed by atoms with Gasteiger partial charge in [-0.2, -0.15) is 0 Å². The van der Waals surface area contributed by atoms with Crippen molar-refractivity contribution in [3.63, 3.8) is 0 Å². The molecular formula is C13H16N4O3. The lowest BCUT2D eigenvalue weighted by molar-refractivity contribution is -0.130. The summed E-state index contributed by atoms with van der Waals surface area (Å²) in [5, 5.41) is 4.90. The van der Waals surface area contributed by atoms with Crippen LogP contribution in [0, 0.1) is 0 Å². The molecule has 0 aromatic heterocycles. The van der Waals surface area contributed by atoms with E-state index in [1.54, 1.807) is 17.0 Å². The van der Waals surface area contributed by atoms with E-state index in [1.807, 2.05) is 6.92 Å². The number of nitrogen functional groups attached to an aromatic ring is 1. The van der Waals surface area contributed by atoms with Crippen molar-refractivity contribution in [3.05, 3.63) is 23.8 Å². The average Bonchev–Trinajstić information content (AvgIpc) is 2.37. The zero-order valence-corrected chi connectivity index (χ0v) is 11.1. The Kier molecular flexibility index (Phi) is 3.88. The number of piperazine rings is 1. The van der Waals surface area contributed by atoms with Crippen molar-refractivity contribution in [2.24, 2.45) is 0 Å². The van der Waals surface area contributed by atoms with Gasteiger partial charge >= 0.3 is 0 Å². The summed E-state index contributed by atoms with van der Waals surface area (Å²) in [6, 6.07) is 4.80. The van der Waals surface area contributed by atoms with E-state index < -0.39 is 0 Å². The Morgan fingerprint density at radius 2 is 2.00 bits per heavy atom. The fourth-order valence-electron chi connectivity index (χ4n) is 2.05. The van der Waals surface area contributed by atoms with Gasteiger partial charge in [0.15, 0.2) is 0 Å². The molecule has 2 rings (SSSR count). The van der Waals surface area contributed by atoms with E-state index in [0.29, 0.717) is 23.5 Å². The molecule has 3 amide bonds. The fourth-order valence-corrected chi connectivity index (χ4v) is 2.05. The number of nitrogens with two attached hydrogens (primary N) is 1. The smallest absolute Gasteiger partial charge is 0.251 e. The quantitative estimate of drug-likeness (QED) is 0.509. The normalized spacial score (nSPS) is 14.9. The maximum absolute atomic E-state index is 11.7. The summed E-state index contributed by atoms with van der Waals surface area (Å²) in [5.41, 5.74) is 7.29. The Hall–Kier alpha value is -2.57. The molecule has 0 saturated carbocycles. The number of nitrogens with zero attached hydrogens (tertiary/aromatic N) is 1. The molecule has 0 bridgehead atoms. The molecule has 1 heterocycles. The standard InChI is InChI=1S/C13H16N4O3/c1-2-15-13(20)8-3-4-10(9(14)5-8)17-6-11(18)16-12(19)7-17/h3-5H,2,6-7,14H2,1H3,(H,15,20)(H,16,18,19). The van der Waals surface area contributed by atoms with E-state index >= 15 is 0 Å². The molecule has 0 spiro atoms. The van der Waals surface area contributed by atoms with Crippen LogP contribution >= 0.6 is 0 Å². The topological polar surface area (TPSA) is 105 Å². The number of hydrogen-bond donors (Lipinski definition) is 3. The highest BCUT2D eigenvalue weighted by Gasteiger charge is 2.24. The van der Waals surface area contributed by atoms with Crippen LogP contribution in [-0.2, 0) is 9.59 Å². The first-order valence-corrected chi connectivity index (χ1v) is 6.26.